The molecule has 0 aliphatic carbocycles. The Morgan fingerprint density at radius 3 is 2.80 bits per heavy atom. The molecule has 2 N–H and O–H groups in total. The zero-order valence-corrected chi connectivity index (χ0v) is 13.2. The summed E-state index contributed by atoms with van der Waals surface area (Å²) >= 11 is 0. The van der Waals surface area contributed by atoms with Crippen LogP contribution in [0.15, 0.2) is 0 Å². The highest BCUT2D eigenvalue weighted by Gasteiger charge is 2.48. The maximum atomic E-state index is 12.1. The third-order valence-corrected chi connectivity index (χ3v) is 7.40. The first-order valence-electron chi connectivity index (χ1n) is 7.87. The van der Waals surface area contributed by atoms with Crippen LogP contribution in [-0.2, 0) is 9.84 Å². The van der Waals surface area contributed by atoms with Crippen molar-refractivity contribution in [3.63, 3.8) is 0 Å². The third kappa shape index (κ3) is 2.51. The van der Waals surface area contributed by atoms with Crippen LogP contribution in [0, 0.1) is 0 Å². The van der Waals surface area contributed by atoms with E-state index in [-0.39, 0.29) is 11.3 Å². The normalized spacial score (nSPS) is 42.5. The van der Waals surface area contributed by atoms with Crippen LogP contribution in [0.3, 0.4) is 0 Å². The van der Waals surface area contributed by atoms with Crippen molar-refractivity contribution in [2.45, 2.75) is 50.2 Å². The Morgan fingerprint density at radius 1 is 1.30 bits per heavy atom. The first-order chi connectivity index (χ1) is 9.46. The van der Waals surface area contributed by atoms with E-state index in [1.807, 2.05) is 0 Å². The average Bonchev–Trinajstić information content (AvgIpc) is 2.83. The van der Waals surface area contributed by atoms with Crippen LogP contribution < -0.4 is 5.73 Å². The van der Waals surface area contributed by atoms with Gasteiger partial charge < -0.3 is 5.73 Å². The lowest BCUT2D eigenvalue weighted by Gasteiger charge is -2.53. The monoisotopic (exact) mass is 301 g/mol. The summed E-state index contributed by atoms with van der Waals surface area (Å²) < 4.78 is 24.2. The predicted octanol–water partition coefficient (Wildman–Crippen LogP) is 0.0610. The predicted molar refractivity (Wildman–Crippen MR) is 80.4 cm³/mol. The first-order valence-corrected chi connectivity index (χ1v) is 9.69. The summed E-state index contributed by atoms with van der Waals surface area (Å²) in [6.45, 7) is 5.95. The second kappa shape index (κ2) is 5.23. The first kappa shape index (κ1) is 14.8. The van der Waals surface area contributed by atoms with E-state index in [4.69, 9.17) is 5.73 Å². The molecule has 20 heavy (non-hydrogen) atoms. The molecule has 3 rings (SSSR count). The quantitative estimate of drug-likeness (QED) is 0.781. The van der Waals surface area contributed by atoms with Crippen LogP contribution in [0.4, 0.5) is 0 Å². The molecule has 0 aromatic rings. The van der Waals surface area contributed by atoms with Crippen LogP contribution in [0.5, 0.6) is 0 Å². The molecule has 6 heteroatoms. The molecule has 3 unspecified atom stereocenters. The van der Waals surface area contributed by atoms with E-state index in [0.717, 1.165) is 25.9 Å². The molecular weight excluding hydrogens is 274 g/mol. The van der Waals surface area contributed by atoms with Gasteiger partial charge in [0.25, 0.3) is 0 Å². The Hall–Kier alpha value is -0.170. The minimum atomic E-state index is -2.93. The van der Waals surface area contributed by atoms with Gasteiger partial charge in [-0.2, -0.15) is 0 Å². The number of nitrogens with zero attached hydrogens (tertiary/aromatic N) is 2. The van der Waals surface area contributed by atoms with Crippen LogP contribution in [0.2, 0.25) is 0 Å². The Kier molecular flexibility index (Phi) is 3.86. The molecule has 0 bridgehead atoms. The number of sulfone groups is 1. The third-order valence-electron chi connectivity index (χ3n) is 5.51. The molecule has 0 spiro atoms. The molecule has 3 aliphatic rings. The summed E-state index contributed by atoms with van der Waals surface area (Å²) in [6.07, 6.45) is 4.21. The van der Waals surface area contributed by atoms with Crippen molar-refractivity contribution in [3.8, 4) is 0 Å². The van der Waals surface area contributed by atoms with Gasteiger partial charge in [-0.25, -0.2) is 8.42 Å². The van der Waals surface area contributed by atoms with Gasteiger partial charge in [0.15, 0.2) is 9.84 Å². The van der Waals surface area contributed by atoms with Crippen LogP contribution >= 0.6 is 0 Å². The van der Waals surface area contributed by atoms with E-state index in [2.05, 4.69) is 16.7 Å². The summed E-state index contributed by atoms with van der Waals surface area (Å²) in [5.74, 6) is 0.597. The zero-order chi connectivity index (χ0) is 14.4. The Morgan fingerprint density at radius 2 is 2.10 bits per heavy atom. The summed E-state index contributed by atoms with van der Waals surface area (Å²) in [7, 11) is -2.93. The number of nitrogens with two attached hydrogens (primary N) is 1. The molecule has 0 saturated carbocycles. The van der Waals surface area contributed by atoms with Crippen LogP contribution in [0.25, 0.3) is 0 Å². The number of piperazine rings is 1. The second-order valence-corrected chi connectivity index (χ2v) is 9.10. The van der Waals surface area contributed by atoms with Crippen molar-refractivity contribution in [1.82, 2.24) is 9.80 Å². The van der Waals surface area contributed by atoms with Gasteiger partial charge in [0.1, 0.15) is 0 Å². The lowest BCUT2D eigenvalue weighted by Crippen LogP contribution is -2.68. The number of hydrogen-bond donors (Lipinski definition) is 1. The van der Waals surface area contributed by atoms with Gasteiger partial charge in [0.2, 0.25) is 0 Å². The van der Waals surface area contributed by atoms with Gasteiger partial charge in [0, 0.05) is 37.3 Å². The molecule has 5 nitrogen and oxygen atoms in total. The van der Waals surface area contributed by atoms with Gasteiger partial charge in [0.05, 0.1) is 11.5 Å². The van der Waals surface area contributed by atoms with Crippen molar-refractivity contribution in [2.24, 2.45) is 5.73 Å². The molecule has 0 radical (unpaired) electrons. The van der Waals surface area contributed by atoms with Crippen LogP contribution in [-0.4, -0.2) is 73.5 Å². The number of fused-ring (bicyclic) bond motifs is 1. The summed E-state index contributed by atoms with van der Waals surface area (Å²) in [6, 6.07) is 1.01. The fourth-order valence-electron chi connectivity index (χ4n) is 4.53. The van der Waals surface area contributed by atoms with E-state index in [1.165, 1.54) is 19.4 Å². The molecule has 0 aromatic carbocycles. The Bertz CT molecular complexity index is 467. The van der Waals surface area contributed by atoms with Crippen molar-refractivity contribution in [3.05, 3.63) is 0 Å². The van der Waals surface area contributed by atoms with E-state index in [0.29, 0.717) is 24.4 Å². The second-order valence-electron chi connectivity index (χ2n) is 6.92. The van der Waals surface area contributed by atoms with E-state index >= 15 is 0 Å². The van der Waals surface area contributed by atoms with Gasteiger partial charge in [-0.1, -0.05) is 0 Å². The molecule has 3 fully saturated rings. The van der Waals surface area contributed by atoms with Crippen molar-refractivity contribution in [1.29, 1.82) is 0 Å². The van der Waals surface area contributed by atoms with Gasteiger partial charge in [-0.15, -0.1) is 0 Å². The molecule has 116 valence electrons. The standard InChI is InChI=1S/C14H27N3O2S/c1-12-8-16-6-2-4-13(16)9-17(12)14(10-15)5-3-7-20(18,19)11-14/h12-13H,2-11,15H2,1H3. The highest BCUT2D eigenvalue weighted by atomic mass is 32.2. The van der Waals surface area contributed by atoms with Crippen molar-refractivity contribution in [2.75, 3.05) is 37.7 Å². The minimum absolute atomic E-state index is 0.257. The smallest absolute Gasteiger partial charge is 0.152 e. The fraction of sp³-hybridized carbons (Fsp3) is 1.00. The van der Waals surface area contributed by atoms with Gasteiger partial charge in [-0.05, 0) is 39.2 Å². The Labute approximate surface area is 122 Å². The SMILES string of the molecule is CC1CN2CCCC2CN1C1(CN)CCCS(=O)(=O)C1. The molecule has 3 saturated heterocycles. The zero-order valence-electron chi connectivity index (χ0n) is 12.4. The Balaban J connectivity index is 1.84. The van der Waals surface area contributed by atoms with E-state index in [1.54, 1.807) is 0 Å². The molecule has 3 heterocycles. The molecule has 3 aliphatic heterocycles. The largest absolute Gasteiger partial charge is 0.329 e. The number of hydrogen-bond acceptors (Lipinski definition) is 5. The molecule has 0 aromatic heterocycles. The minimum Gasteiger partial charge on any atom is -0.329 e. The fourth-order valence-corrected chi connectivity index (χ4v) is 6.50. The van der Waals surface area contributed by atoms with Crippen molar-refractivity contribution < 1.29 is 8.42 Å². The topological polar surface area (TPSA) is 66.6 Å². The molecule has 0 amide bonds. The average molecular weight is 301 g/mol. The van der Waals surface area contributed by atoms with Gasteiger partial charge >= 0.3 is 0 Å². The lowest BCUT2D eigenvalue weighted by molar-refractivity contribution is -0.0164. The highest BCUT2D eigenvalue weighted by molar-refractivity contribution is 7.91. The maximum Gasteiger partial charge on any atom is 0.152 e. The number of rotatable bonds is 2. The van der Waals surface area contributed by atoms with Gasteiger partial charge in [-0.3, -0.25) is 9.80 Å². The van der Waals surface area contributed by atoms with E-state index in [9.17, 15) is 8.42 Å². The highest BCUT2D eigenvalue weighted by Crippen LogP contribution is 2.35. The maximum absolute atomic E-state index is 12.1. The van der Waals surface area contributed by atoms with Crippen molar-refractivity contribution >= 4 is 9.84 Å². The van der Waals surface area contributed by atoms with Crippen LogP contribution in [0.1, 0.15) is 32.6 Å². The molecular formula is C14H27N3O2S. The van der Waals surface area contributed by atoms with E-state index < -0.39 is 9.84 Å². The lowest BCUT2D eigenvalue weighted by atomic mass is 9.89. The summed E-state index contributed by atoms with van der Waals surface area (Å²) in [5.41, 5.74) is 5.76. The summed E-state index contributed by atoms with van der Waals surface area (Å²) in [5, 5.41) is 0. The summed E-state index contributed by atoms with van der Waals surface area (Å²) in [4.78, 5) is 5.01. The molecule has 3 atom stereocenters.